The van der Waals surface area contributed by atoms with E-state index in [0.717, 1.165) is 12.8 Å². The van der Waals surface area contributed by atoms with Crippen molar-refractivity contribution in [1.82, 2.24) is 10.3 Å². The van der Waals surface area contributed by atoms with Crippen molar-refractivity contribution in [1.29, 1.82) is 0 Å². The third-order valence-electron chi connectivity index (χ3n) is 5.36. The number of pyridine rings is 1. The van der Waals surface area contributed by atoms with E-state index >= 15 is 0 Å². The Kier molecular flexibility index (Phi) is 7.03. The summed E-state index contributed by atoms with van der Waals surface area (Å²) < 4.78 is 5.46. The number of hydrogen-bond acceptors (Lipinski definition) is 5. The second kappa shape index (κ2) is 10.5. The van der Waals surface area contributed by atoms with Crippen LogP contribution in [0.1, 0.15) is 22.3 Å². The van der Waals surface area contributed by atoms with Gasteiger partial charge < -0.3 is 20.3 Å². The summed E-state index contributed by atoms with van der Waals surface area (Å²) in [6.45, 7) is -0.0120. The maximum atomic E-state index is 12.8. The molecule has 0 aliphatic heterocycles. The van der Waals surface area contributed by atoms with E-state index < -0.39 is 12.6 Å². The molecule has 1 aromatic heterocycles. The molecule has 34 heavy (non-hydrogen) atoms. The standard InChI is InChI=1S/C27H24N2O5/c30-23-16-21(14-19-9-5-12-28-26(19)23)22-15-20(10-11-24(22)34-17-25(31)32)27(33)29-13-4-8-18-6-2-1-3-7-18/h1-3,5-7,9-12,14-16,30H,4,8,13,17H2,(H,29,33)(H,31,32). The largest absolute Gasteiger partial charge is 0.506 e. The van der Waals surface area contributed by atoms with Gasteiger partial charge in [-0.15, -0.1) is 0 Å². The number of carboxylic acids is 1. The van der Waals surface area contributed by atoms with Gasteiger partial charge in [0.1, 0.15) is 17.0 Å². The maximum Gasteiger partial charge on any atom is 0.341 e. The van der Waals surface area contributed by atoms with E-state index in [1.54, 1.807) is 30.5 Å². The molecule has 3 aromatic carbocycles. The van der Waals surface area contributed by atoms with Crippen LogP contribution in [0.3, 0.4) is 0 Å². The Hall–Kier alpha value is -4.39. The van der Waals surface area contributed by atoms with Gasteiger partial charge in [-0.2, -0.15) is 0 Å². The number of aryl methyl sites for hydroxylation is 1. The summed E-state index contributed by atoms with van der Waals surface area (Å²) in [5.74, 6) is -1.08. The number of carbonyl (C=O) groups excluding carboxylic acids is 1. The van der Waals surface area contributed by atoms with Crippen LogP contribution < -0.4 is 10.1 Å². The fraction of sp³-hybridized carbons (Fsp3) is 0.148. The van der Waals surface area contributed by atoms with Crippen molar-refractivity contribution in [2.45, 2.75) is 12.8 Å². The molecule has 0 atom stereocenters. The van der Waals surface area contributed by atoms with Crippen molar-refractivity contribution < 1.29 is 24.5 Å². The molecule has 4 rings (SSSR count). The van der Waals surface area contributed by atoms with E-state index in [-0.39, 0.29) is 11.7 Å². The number of amides is 1. The minimum Gasteiger partial charge on any atom is -0.506 e. The number of aromatic hydroxyl groups is 1. The van der Waals surface area contributed by atoms with Crippen molar-refractivity contribution in [2.75, 3.05) is 13.2 Å². The van der Waals surface area contributed by atoms with E-state index in [1.165, 1.54) is 11.6 Å². The summed E-state index contributed by atoms with van der Waals surface area (Å²) in [6.07, 6.45) is 3.25. The van der Waals surface area contributed by atoms with Crippen LogP contribution in [-0.4, -0.2) is 40.2 Å². The molecule has 3 N–H and O–H groups in total. The van der Waals surface area contributed by atoms with Crippen LogP contribution in [-0.2, 0) is 11.2 Å². The summed E-state index contributed by atoms with van der Waals surface area (Å²) in [5.41, 5.74) is 3.15. The van der Waals surface area contributed by atoms with Crippen molar-refractivity contribution in [3.63, 3.8) is 0 Å². The van der Waals surface area contributed by atoms with Gasteiger partial charge in [-0.1, -0.05) is 36.4 Å². The Labute approximate surface area is 196 Å². The summed E-state index contributed by atoms with van der Waals surface area (Å²) in [5, 5.41) is 23.1. The van der Waals surface area contributed by atoms with E-state index in [1.807, 2.05) is 30.3 Å². The van der Waals surface area contributed by atoms with Gasteiger partial charge in [0.25, 0.3) is 5.91 Å². The second-order valence-electron chi connectivity index (χ2n) is 7.81. The molecule has 4 aromatic rings. The van der Waals surface area contributed by atoms with Crippen LogP contribution in [0, 0.1) is 0 Å². The van der Waals surface area contributed by atoms with E-state index in [9.17, 15) is 14.7 Å². The van der Waals surface area contributed by atoms with E-state index in [0.29, 0.717) is 39.9 Å². The van der Waals surface area contributed by atoms with Gasteiger partial charge in [-0.25, -0.2) is 4.79 Å². The number of fused-ring (bicyclic) bond motifs is 1. The molecule has 172 valence electrons. The highest BCUT2D eigenvalue weighted by molar-refractivity contribution is 5.97. The summed E-state index contributed by atoms with van der Waals surface area (Å²) in [4.78, 5) is 28.0. The van der Waals surface area contributed by atoms with Gasteiger partial charge >= 0.3 is 5.97 Å². The molecule has 0 fully saturated rings. The van der Waals surface area contributed by atoms with Crippen LogP contribution >= 0.6 is 0 Å². The SMILES string of the molecule is O=C(O)COc1ccc(C(=O)NCCCc2ccccc2)cc1-c1cc(O)c2ncccc2c1. The molecular weight excluding hydrogens is 432 g/mol. The first-order valence-electron chi connectivity index (χ1n) is 10.9. The molecule has 0 radical (unpaired) electrons. The number of aromatic nitrogens is 1. The highest BCUT2D eigenvalue weighted by Gasteiger charge is 2.15. The smallest absolute Gasteiger partial charge is 0.341 e. The molecule has 0 unspecified atom stereocenters. The first kappa shape index (κ1) is 22.8. The summed E-state index contributed by atoms with van der Waals surface area (Å²) in [6, 6.07) is 21.8. The zero-order valence-corrected chi connectivity index (χ0v) is 18.4. The molecule has 0 aliphatic rings. The van der Waals surface area contributed by atoms with Gasteiger partial charge in [0.05, 0.1) is 0 Å². The van der Waals surface area contributed by atoms with Crippen LogP contribution in [0.5, 0.6) is 11.5 Å². The number of carboxylic acid groups (broad SMARTS) is 1. The van der Waals surface area contributed by atoms with Gasteiger partial charge in [0.2, 0.25) is 0 Å². The number of benzene rings is 3. The highest BCUT2D eigenvalue weighted by atomic mass is 16.5. The van der Waals surface area contributed by atoms with Crippen molar-refractivity contribution in [3.05, 3.63) is 90.1 Å². The van der Waals surface area contributed by atoms with E-state index in [4.69, 9.17) is 9.84 Å². The number of carbonyl (C=O) groups is 2. The number of rotatable bonds is 9. The number of hydrogen-bond donors (Lipinski definition) is 3. The van der Waals surface area contributed by atoms with E-state index in [2.05, 4.69) is 22.4 Å². The predicted molar refractivity (Wildman–Crippen MR) is 129 cm³/mol. The zero-order chi connectivity index (χ0) is 23.9. The lowest BCUT2D eigenvalue weighted by Gasteiger charge is -2.14. The molecule has 0 saturated carbocycles. The number of nitrogens with zero attached hydrogens (tertiary/aromatic N) is 1. The average Bonchev–Trinajstić information content (AvgIpc) is 2.85. The lowest BCUT2D eigenvalue weighted by atomic mass is 9.99. The molecule has 7 nitrogen and oxygen atoms in total. The van der Waals surface area contributed by atoms with Crippen LogP contribution in [0.2, 0.25) is 0 Å². The zero-order valence-electron chi connectivity index (χ0n) is 18.4. The van der Waals surface area contributed by atoms with Gasteiger partial charge in [-0.3, -0.25) is 9.78 Å². The molecule has 1 heterocycles. The van der Waals surface area contributed by atoms with Gasteiger partial charge in [-0.05, 0) is 60.4 Å². The topological polar surface area (TPSA) is 109 Å². The number of aliphatic carboxylic acids is 1. The van der Waals surface area contributed by atoms with Crippen molar-refractivity contribution in [3.8, 4) is 22.6 Å². The second-order valence-corrected chi connectivity index (χ2v) is 7.81. The Morgan fingerprint density at radius 3 is 2.59 bits per heavy atom. The molecule has 0 aliphatic carbocycles. The van der Waals surface area contributed by atoms with Crippen LogP contribution in [0.4, 0.5) is 0 Å². The molecule has 0 spiro atoms. The number of ether oxygens (including phenoxy) is 1. The normalized spacial score (nSPS) is 10.7. The molecule has 7 heteroatoms. The van der Waals surface area contributed by atoms with Crippen molar-refractivity contribution >= 4 is 22.8 Å². The third kappa shape index (κ3) is 5.50. The summed E-state index contributed by atoms with van der Waals surface area (Å²) in [7, 11) is 0. The lowest BCUT2D eigenvalue weighted by Crippen LogP contribution is -2.24. The van der Waals surface area contributed by atoms with Crippen molar-refractivity contribution in [2.24, 2.45) is 0 Å². The Morgan fingerprint density at radius 1 is 0.971 bits per heavy atom. The Balaban J connectivity index is 1.57. The number of nitrogens with one attached hydrogen (secondary N) is 1. The average molecular weight is 456 g/mol. The highest BCUT2D eigenvalue weighted by Crippen LogP contribution is 2.36. The predicted octanol–water partition coefficient (Wildman–Crippen LogP) is 4.43. The monoisotopic (exact) mass is 456 g/mol. The minimum absolute atomic E-state index is 0.0203. The minimum atomic E-state index is -1.11. The number of phenols is 1. The fourth-order valence-electron chi connectivity index (χ4n) is 3.73. The first-order valence-corrected chi connectivity index (χ1v) is 10.9. The molecule has 0 bridgehead atoms. The maximum absolute atomic E-state index is 12.8. The Bertz CT molecular complexity index is 1320. The van der Waals surface area contributed by atoms with Gasteiger partial charge in [0.15, 0.2) is 6.61 Å². The molecular formula is C27H24N2O5. The lowest BCUT2D eigenvalue weighted by molar-refractivity contribution is -0.139. The first-order chi connectivity index (χ1) is 16.5. The van der Waals surface area contributed by atoms with Gasteiger partial charge in [0, 0.05) is 29.3 Å². The van der Waals surface area contributed by atoms with Crippen LogP contribution in [0.25, 0.3) is 22.0 Å². The third-order valence-corrected chi connectivity index (χ3v) is 5.36. The fourth-order valence-corrected chi connectivity index (χ4v) is 3.73. The molecule has 0 saturated heterocycles. The quantitative estimate of drug-likeness (QED) is 0.322. The van der Waals surface area contributed by atoms with Crippen LogP contribution in [0.15, 0.2) is 79.0 Å². The molecule has 1 amide bonds. The number of phenolic OH excluding ortho intramolecular Hbond substituents is 1. The Morgan fingerprint density at radius 2 is 1.79 bits per heavy atom. The summed E-state index contributed by atoms with van der Waals surface area (Å²) >= 11 is 0.